The van der Waals surface area contributed by atoms with Crippen molar-refractivity contribution in [2.75, 3.05) is 19.7 Å². The number of likely N-dealkylation sites (tertiary alicyclic amines) is 1. The quantitative estimate of drug-likeness (QED) is 0.394. The van der Waals surface area contributed by atoms with E-state index in [9.17, 15) is 19.5 Å². The van der Waals surface area contributed by atoms with E-state index in [0.29, 0.717) is 37.5 Å². The number of hydrogen-bond acceptors (Lipinski definition) is 6. The van der Waals surface area contributed by atoms with Gasteiger partial charge in [0.15, 0.2) is 0 Å². The first-order valence-electron chi connectivity index (χ1n) is 15.9. The van der Waals surface area contributed by atoms with E-state index in [1.165, 1.54) is 5.56 Å². The summed E-state index contributed by atoms with van der Waals surface area (Å²) in [5, 5.41) is 13.2. The number of carbonyl (C=O) groups excluding carboxylic acids is 3. The number of allylic oxidation sites excluding steroid dienone is 1. The molecule has 4 atom stereocenters. The van der Waals surface area contributed by atoms with Crippen molar-refractivity contribution in [1.82, 2.24) is 20.1 Å². The number of nitrogens with one attached hydrogen (secondary N) is 1. The summed E-state index contributed by atoms with van der Waals surface area (Å²) >= 11 is 1.63. The molecule has 3 heterocycles. The standard InChI is InChI=1S/C35H46N4O4S/c1-20(2)12-27-14-25(32-23(6)37-19-44-32)10-11-26(27)15-36-33(41)30-13-24(18-40)16-38(30)35(43)31(21(3)4)39-17-29-22(5)8-7-9-28(29)34(39)42/h7,9-11,14,19-22,24,30-31,40H,8,12-13,15-18H2,1-6H3,(H,36,41). The SMILES string of the molecule is Cc1ncsc1-c1ccc(CNC(=O)C2CC(CO)CN2C(=O)C(C(C)C)N2CC3=C(C=CCC3C)C2=O)c(CC(C)C)c1. The van der Waals surface area contributed by atoms with E-state index in [-0.39, 0.29) is 42.1 Å². The third-order valence-corrected chi connectivity index (χ3v) is 10.3. The van der Waals surface area contributed by atoms with Crippen molar-refractivity contribution in [3.05, 3.63) is 63.8 Å². The first-order chi connectivity index (χ1) is 21.0. The fraction of sp³-hybridized carbons (Fsp3) is 0.543. The van der Waals surface area contributed by atoms with Crippen LogP contribution in [0.3, 0.4) is 0 Å². The topological polar surface area (TPSA) is 103 Å². The maximum absolute atomic E-state index is 14.2. The number of benzene rings is 1. The van der Waals surface area contributed by atoms with Gasteiger partial charge in [-0.05, 0) is 72.3 Å². The number of amides is 3. The zero-order valence-electron chi connectivity index (χ0n) is 26.8. The second-order valence-corrected chi connectivity index (χ2v) is 14.3. The molecule has 2 aromatic rings. The molecule has 236 valence electrons. The summed E-state index contributed by atoms with van der Waals surface area (Å²) in [7, 11) is 0. The van der Waals surface area contributed by atoms with Gasteiger partial charge in [-0.2, -0.15) is 0 Å². The number of hydrogen-bond donors (Lipinski definition) is 2. The molecular formula is C35H46N4O4S. The van der Waals surface area contributed by atoms with E-state index in [1.807, 2.05) is 38.4 Å². The molecule has 1 fully saturated rings. The van der Waals surface area contributed by atoms with Gasteiger partial charge in [-0.25, -0.2) is 4.98 Å². The Hall–Kier alpha value is -3.30. The summed E-state index contributed by atoms with van der Waals surface area (Å²) in [6.45, 7) is 13.4. The van der Waals surface area contributed by atoms with Crippen molar-refractivity contribution in [3.8, 4) is 10.4 Å². The largest absolute Gasteiger partial charge is 0.396 e. The number of aromatic nitrogens is 1. The highest BCUT2D eigenvalue weighted by Crippen LogP contribution is 2.36. The predicted octanol–water partition coefficient (Wildman–Crippen LogP) is 4.90. The van der Waals surface area contributed by atoms with Crippen LogP contribution in [0.15, 0.2) is 47.0 Å². The third kappa shape index (κ3) is 6.40. The summed E-state index contributed by atoms with van der Waals surface area (Å²) in [5.41, 5.74) is 8.04. The summed E-state index contributed by atoms with van der Waals surface area (Å²) in [5.74, 6) is -0.176. The lowest BCUT2D eigenvalue weighted by atomic mass is 9.90. The van der Waals surface area contributed by atoms with Gasteiger partial charge in [-0.1, -0.05) is 58.9 Å². The fourth-order valence-electron chi connectivity index (χ4n) is 6.93. The van der Waals surface area contributed by atoms with Gasteiger partial charge in [0.25, 0.3) is 5.91 Å². The van der Waals surface area contributed by atoms with Crippen LogP contribution in [0.1, 0.15) is 64.3 Å². The van der Waals surface area contributed by atoms with Gasteiger partial charge >= 0.3 is 0 Å². The van der Waals surface area contributed by atoms with Crippen molar-refractivity contribution in [1.29, 1.82) is 0 Å². The molecule has 0 spiro atoms. The Labute approximate surface area is 265 Å². The van der Waals surface area contributed by atoms with Crippen molar-refractivity contribution in [3.63, 3.8) is 0 Å². The van der Waals surface area contributed by atoms with E-state index >= 15 is 0 Å². The van der Waals surface area contributed by atoms with Gasteiger partial charge in [0.1, 0.15) is 12.1 Å². The Bertz CT molecular complexity index is 1470. The van der Waals surface area contributed by atoms with Gasteiger partial charge in [-0.15, -0.1) is 11.3 Å². The summed E-state index contributed by atoms with van der Waals surface area (Å²) in [4.78, 5) is 50.4. The summed E-state index contributed by atoms with van der Waals surface area (Å²) < 4.78 is 0. The molecule has 2 N–H and O–H groups in total. The van der Waals surface area contributed by atoms with E-state index in [0.717, 1.165) is 40.1 Å². The predicted molar refractivity (Wildman–Crippen MR) is 174 cm³/mol. The molecule has 3 aliphatic rings. The summed E-state index contributed by atoms with van der Waals surface area (Å²) in [6, 6.07) is 5.00. The van der Waals surface area contributed by atoms with Crippen LogP contribution in [0.2, 0.25) is 0 Å². The van der Waals surface area contributed by atoms with Crippen LogP contribution in [-0.4, -0.2) is 69.4 Å². The monoisotopic (exact) mass is 618 g/mol. The average Bonchev–Trinajstić information content (AvgIpc) is 3.70. The first kappa shape index (κ1) is 32.1. The maximum atomic E-state index is 14.2. The molecule has 1 aromatic heterocycles. The van der Waals surface area contributed by atoms with Crippen molar-refractivity contribution in [2.24, 2.45) is 23.7 Å². The van der Waals surface area contributed by atoms with E-state index in [1.54, 1.807) is 21.1 Å². The van der Waals surface area contributed by atoms with Crippen LogP contribution < -0.4 is 5.32 Å². The molecule has 3 amide bonds. The third-order valence-electron chi connectivity index (χ3n) is 9.29. The molecule has 1 aromatic carbocycles. The molecule has 0 saturated carbocycles. The number of aliphatic hydroxyl groups excluding tert-OH is 1. The van der Waals surface area contributed by atoms with E-state index < -0.39 is 12.1 Å². The van der Waals surface area contributed by atoms with Crippen molar-refractivity contribution in [2.45, 2.75) is 79.4 Å². The number of carbonyl (C=O) groups is 3. The Kier molecular flexibility index (Phi) is 9.75. The van der Waals surface area contributed by atoms with Crippen molar-refractivity contribution < 1.29 is 19.5 Å². The second kappa shape index (κ2) is 13.4. The van der Waals surface area contributed by atoms with Gasteiger partial charge < -0.3 is 20.2 Å². The molecule has 4 unspecified atom stereocenters. The molecule has 0 bridgehead atoms. The lowest BCUT2D eigenvalue weighted by molar-refractivity contribution is -0.147. The lowest BCUT2D eigenvalue weighted by Crippen LogP contribution is -2.56. The highest BCUT2D eigenvalue weighted by Gasteiger charge is 2.46. The maximum Gasteiger partial charge on any atom is 0.254 e. The Balaban J connectivity index is 1.34. The van der Waals surface area contributed by atoms with Crippen molar-refractivity contribution >= 4 is 29.1 Å². The van der Waals surface area contributed by atoms with Gasteiger partial charge in [0.2, 0.25) is 11.8 Å². The minimum atomic E-state index is -0.701. The normalized spacial score (nSPS) is 22.4. The first-order valence-corrected chi connectivity index (χ1v) is 16.8. The number of rotatable bonds is 10. The van der Waals surface area contributed by atoms with E-state index in [4.69, 9.17) is 0 Å². The second-order valence-electron chi connectivity index (χ2n) is 13.5. The number of aryl methyl sites for hydroxylation is 1. The molecule has 44 heavy (non-hydrogen) atoms. The van der Waals surface area contributed by atoms with Crippen LogP contribution in [0.5, 0.6) is 0 Å². The van der Waals surface area contributed by atoms with Crippen LogP contribution in [0.4, 0.5) is 0 Å². The number of nitrogens with zero attached hydrogens (tertiary/aromatic N) is 3. The Morgan fingerprint density at radius 3 is 2.59 bits per heavy atom. The molecule has 9 heteroatoms. The smallest absolute Gasteiger partial charge is 0.254 e. The fourth-order valence-corrected chi connectivity index (χ4v) is 7.74. The highest BCUT2D eigenvalue weighted by molar-refractivity contribution is 7.13. The Morgan fingerprint density at radius 2 is 1.95 bits per heavy atom. The van der Waals surface area contributed by atoms with E-state index in [2.05, 4.69) is 49.3 Å². The van der Waals surface area contributed by atoms with Crippen LogP contribution >= 0.6 is 11.3 Å². The number of thiazole rings is 1. The van der Waals surface area contributed by atoms with Crippen LogP contribution in [-0.2, 0) is 27.3 Å². The molecule has 1 aliphatic carbocycles. The summed E-state index contributed by atoms with van der Waals surface area (Å²) in [6.07, 6.45) is 6.09. The zero-order valence-corrected chi connectivity index (χ0v) is 27.6. The number of aliphatic hydroxyl groups is 1. The molecule has 5 rings (SSSR count). The molecule has 1 saturated heterocycles. The van der Waals surface area contributed by atoms with Gasteiger partial charge in [0.05, 0.1) is 16.1 Å². The molecule has 0 radical (unpaired) electrons. The van der Waals surface area contributed by atoms with Gasteiger partial charge in [0, 0.05) is 37.7 Å². The van der Waals surface area contributed by atoms with Gasteiger partial charge in [-0.3, -0.25) is 14.4 Å². The Morgan fingerprint density at radius 1 is 1.18 bits per heavy atom. The minimum absolute atomic E-state index is 0.0995. The highest BCUT2D eigenvalue weighted by atomic mass is 32.1. The van der Waals surface area contributed by atoms with Crippen LogP contribution in [0, 0.1) is 30.6 Å². The zero-order chi connectivity index (χ0) is 31.7. The minimum Gasteiger partial charge on any atom is -0.396 e. The van der Waals surface area contributed by atoms with Crippen LogP contribution in [0.25, 0.3) is 10.4 Å². The average molecular weight is 619 g/mol. The molecule has 8 nitrogen and oxygen atoms in total. The molecular weight excluding hydrogens is 572 g/mol. The lowest BCUT2D eigenvalue weighted by Gasteiger charge is -2.35. The molecule has 2 aliphatic heterocycles.